The van der Waals surface area contributed by atoms with E-state index in [0.29, 0.717) is 18.8 Å². The second kappa shape index (κ2) is 8.42. The van der Waals surface area contributed by atoms with Crippen molar-refractivity contribution in [3.63, 3.8) is 0 Å². The Morgan fingerprint density at radius 1 is 0.955 bits per heavy atom. The van der Waals surface area contributed by atoms with E-state index < -0.39 is 0 Å². The number of rotatable bonds is 9. The summed E-state index contributed by atoms with van der Waals surface area (Å²) >= 11 is 0. The monoisotopic (exact) mass is 300 g/mol. The SMILES string of the molecule is CCCCOc1cc(OCCCC)c2ccc(C=O)cc2c1. The number of carbonyl (C=O) groups is 1. The van der Waals surface area contributed by atoms with Crippen LogP contribution in [0, 0.1) is 0 Å². The first-order valence-electron chi connectivity index (χ1n) is 8.07. The van der Waals surface area contributed by atoms with E-state index in [1.807, 2.05) is 30.3 Å². The number of aldehydes is 1. The molecule has 22 heavy (non-hydrogen) atoms. The lowest BCUT2D eigenvalue weighted by Crippen LogP contribution is -2.00. The van der Waals surface area contributed by atoms with Crippen molar-refractivity contribution in [2.75, 3.05) is 13.2 Å². The molecule has 0 bridgehead atoms. The van der Waals surface area contributed by atoms with Gasteiger partial charge in [-0.2, -0.15) is 0 Å². The molecule has 118 valence electrons. The highest BCUT2D eigenvalue weighted by molar-refractivity contribution is 5.93. The molecule has 3 heteroatoms. The summed E-state index contributed by atoms with van der Waals surface area (Å²) < 4.78 is 11.7. The molecule has 0 aromatic heterocycles. The molecule has 0 aliphatic heterocycles. The average Bonchev–Trinajstić information content (AvgIpc) is 2.54. The minimum Gasteiger partial charge on any atom is -0.493 e. The first-order valence-corrected chi connectivity index (χ1v) is 8.07. The van der Waals surface area contributed by atoms with E-state index in [1.54, 1.807) is 0 Å². The molecule has 0 radical (unpaired) electrons. The van der Waals surface area contributed by atoms with Crippen molar-refractivity contribution in [3.8, 4) is 11.5 Å². The number of unbranched alkanes of at least 4 members (excludes halogenated alkanes) is 2. The number of fused-ring (bicyclic) bond motifs is 1. The molecule has 0 aliphatic rings. The molecule has 0 amide bonds. The zero-order valence-electron chi connectivity index (χ0n) is 13.4. The zero-order valence-corrected chi connectivity index (χ0v) is 13.4. The van der Waals surface area contributed by atoms with Crippen molar-refractivity contribution in [2.45, 2.75) is 39.5 Å². The van der Waals surface area contributed by atoms with Crippen LogP contribution in [0.4, 0.5) is 0 Å². The van der Waals surface area contributed by atoms with E-state index >= 15 is 0 Å². The third-order valence-electron chi connectivity index (χ3n) is 3.57. The van der Waals surface area contributed by atoms with Gasteiger partial charge in [0.2, 0.25) is 0 Å². The molecule has 2 rings (SSSR count). The summed E-state index contributed by atoms with van der Waals surface area (Å²) in [5, 5.41) is 2.00. The molecular weight excluding hydrogens is 276 g/mol. The van der Waals surface area contributed by atoms with Gasteiger partial charge in [0.05, 0.1) is 13.2 Å². The van der Waals surface area contributed by atoms with Gasteiger partial charge in [0.25, 0.3) is 0 Å². The molecule has 0 saturated carbocycles. The number of hydrogen-bond donors (Lipinski definition) is 0. The highest BCUT2D eigenvalue weighted by Gasteiger charge is 2.07. The van der Waals surface area contributed by atoms with Crippen molar-refractivity contribution >= 4 is 17.1 Å². The van der Waals surface area contributed by atoms with Gasteiger partial charge in [0.15, 0.2) is 0 Å². The van der Waals surface area contributed by atoms with Gasteiger partial charge in [0, 0.05) is 17.0 Å². The third kappa shape index (κ3) is 4.23. The van der Waals surface area contributed by atoms with E-state index in [4.69, 9.17) is 9.47 Å². The third-order valence-corrected chi connectivity index (χ3v) is 3.57. The Labute approximate surface area is 132 Å². The first kappa shape index (κ1) is 16.3. The van der Waals surface area contributed by atoms with E-state index in [0.717, 1.165) is 54.2 Å². The fraction of sp³-hybridized carbons (Fsp3) is 0.421. The van der Waals surface area contributed by atoms with E-state index in [-0.39, 0.29) is 0 Å². The van der Waals surface area contributed by atoms with Crippen molar-refractivity contribution in [1.82, 2.24) is 0 Å². The molecule has 0 heterocycles. The van der Waals surface area contributed by atoms with Crippen LogP contribution in [-0.2, 0) is 0 Å². The fourth-order valence-corrected chi connectivity index (χ4v) is 2.26. The van der Waals surface area contributed by atoms with Gasteiger partial charge in [0.1, 0.15) is 17.8 Å². The second-order valence-corrected chi connectivity index (χ2v) is 5.42. The minimum atomic E-state index is 0.665. The van der Waals surface area contributed by atoms with Crippen molar-refractivity contribution < 1.29 is 14.3 Å². The highest BCUT2D eigenvalue weighted by atomic mass is 16.5. The lowest BCUT2D eigenvalue weighted by molar-refractivity contribution is 0.112. The fourth-order valence-electron chi connectivity index (χ4n) is 2.26. The van der Waals surface area contributed by atoms with Gasteiger partial charge >= 0.3 is 0 Å². The van der Waals surface area contributed by atoms with Crippen LogP contribution < -0.4 is 9.47 Å². The van der Waals surface area contributed by atoms with Crippen LogP contribution in [0.3, 0.4) is 0 Å². The van der Waals surface area contributed by atoms with Crippen LogP contribution in [0.5, 0.6) is 11.5 Å². The highest BCUT2D eigenvalue weighted by Crippen LogP contribution is 2.32. The van der Waals surface area contributed by atoms with Gasteiger partial charge in [-0.25, -0.2) is 0 Å². The summed E-state index contributed by atoms with van der Waals surface area (Å²) in [6.07, 6.45) is 5.11. The maximum absolute atomic E-state index is 11.0. The lowest BCUT2D eigenvalue weighted by Gasteiger charge is -2.13. The van der Waals surface area contributed by atoms with Crippen LogP contribution >= 0.6 is 0 Å². The molecule has 0 aliphatic carbocycles. The van der Waals surface area contributed by atoms with Gasteiger partial charge in [-0.1, -0.05) is 32.8 Å². The second-order valence-electron chi connectivity index (χ2n) is 5.42. The molecule has 0 saturated heterocycles. The Morgan fingerprint density at radius 3 is 2.36 bits per heavy atom. The maximum Gasteiger partial charge on any atom is 0.150 e. The van der Waals surface area contributed by atoms with E-state index in [2.05, 4.69) is 13.8 Å². The Morgan fingerprint density at radius 2 is 1.68 bits per heavy atom. The first-order chi connectivity index (χ1) is 10.8. The topological polar surface area (TPSA) is 35.5 Å². The Hall–Kier alpha value is -2.03. The van der Waals surface area contributed by atoms with Gasteiger partial charge in [-0.05, 0) is 36.4 Å². The summed E-state index contributed by atoms with van der Waals surface area (Å²) in [6, 6.07) is 9.57. The molecule has 0 N–H and O–H groups in total. The molecule has 2 aromatic rings. The molecule has 0 fully saturated rings. The molecule has 2 aromatic carbocycles. The van der Waals surface area contributed by atoms with Crippen LogP contribution in [0.25, 0.3) is 10.8 Å². The van der Waals surface area contributed by atoms with Gasteiger partial charge in [-0.15, -0.1) is 0 Å². The van der Waals surface area contributed by atoms with Crippen LogP contribution in [-0.4, -0.2) is 19.5 Å². The Balaban J connectivity index is 2.32. The number of ether oxygens (including phenoxy) is 2. The van der Waals surface area contributed by atoms with Crippen molar-refractivity contribution in [1.29, 1.82) is 0 Å². The maximum atomic E-state index is 11.0. The standard InChI is InChI=1S/C19H24O3/c1-3-5-9-21-17-12-16-11-15(14-20)7-8-18(16)19(13-17)22-10-6-4-2/h7-8,11-14H,3-6,9-10H2,1-2H3. The van der Waals surface area contributed by atoms with E-state index in [1.165, 1.54) is 0 Å². The normalized spacial score (nSPS) is 10.6. The molecule has 0 unspecified atom stereocenters. The molecule has 0 spiro atoms. The van der Waals surface area contributed by atoms with Crippen molar-refractivity contribution in [2.24, 2.45) is 0 Å². The van der Waals surface area contributed by atoms with E-state index in [9.17, 15) is 4.79 Å². The number of hydrogen-bond acceptors (Lipinski definition) is 3. The quantitative estimate of drug-likeness (QED) is 0.482. The Kier molecular flexibility index (Phi) is 6.26. The predicted octanol–water partition coefficient (Wildman–Crippen LogP) is 5.01. The summed E-state index contributed by atoms with van der Waals surface area (Å²) in [4.78, 5) is 11.0. The smallest absolute Gasteiger partial charge is 0.150 e. The summed E-state index contributed by atoms with van der Waals surface area (Å²) in [6.45, 7) is 5.67. The lowest BCUT2D eigenvalue weighted by atomic mass is 10.1. The largest absolute Gasteiger partial charge is 0.493 e. The number of carbonyl (C=O) groups excluding carboxylic acids is 1. The van der Waals surface area contributed by atoms with Gasteiger partial charge in [-0.3, -0.25) is 4.79 Å². The summed E-state index contributed by atoms with van der Waals surface area (Å²) in [7, 11) is 0. The summed E-state index contributed by atoms with van der Waals surface area (Å²) in [5.74, 6) is 1.63. The molecule has 3 nitrogen and oxygen atoms in total. The number of benzene rings is 2. The average molecular weight is 300 g/mol. The zero-order chi connectivity index (χ0) is 15.8. The van der Waals surface area contributed by atoms with Crippen LogP contribution in [0.15, 0.2) is 30.3 Å². The van der Waals surface area contributed by atoms with Crippen LogP contribution in [0.2, 0.25) is 0 Å². The summed E-state index contributed by atoms with van der Waals surface area (Å²) in [5.41, 5.74) is 0.665. The molecular formula is C19H24O3. The van der Waals surface area contributed by atoms with Crippen molar-refractivity contribution in [3.05, 3.63) is 35.9 Å². The van der Waals surface area contributed by atoms with Gasteiger partial charge < -0.3 is 9.47 Å². The minimum absolute atomic E-state index is 0.665. The molecule has 0 atom stereocenters. The predicted molar refractivity (Wildman–Crippen MR) is 90.1 cm³/mol. The Bertz CT molecular complexity index is 619. The van der Waals surface area contributed by atoms with Crippen LogP contribution in [0.1, 0.15) is 49.9 Å².